The Labute approximate surface area is 95.0 Å². The molecular formula is C11H18N4O. The van der Waals surface area contributed by atoms with Gasteiger partial charge in [0.25, 0.3) is 0 Å². The monoisotopic (exact) mass is 222 g/mol. The fraction of sp³-hybridized carbons (Fsp3) is 0.636. The summed E-state index contributed by atoms with van der Waals surface area (Å²) in [5.74, 6) is 0.103. The van der Waals surface area contributed by atoms with E-state index < -0.39 is 0 Å². The molecule has 16 heavy (non-hydrogen) atoms. The zero-order valence-electron chi connectivity index (χ0n) is 9.57. The molecule has 0 aliphatic heterocycles. The van der Waals surface area contributed by atoms with Gasteiger partial charge in [0.1, 0.15) is 0 Å². The van der Waals surface area contributed by atoms with Gasteiger partial charge in [0.15, 0.2) is 0 Å². The van der Waals surface area contributed by atoms with E-state index in [1.165, 1.54) is 0 Å². The van der Waals surface area contributed by atoms with Crippen LogP contribution in [0.15, 0.2) is 12.3 Å². The van der Waals surface area contributed by atoms with Crippen LogP contribution in [0.25, 0.3) is 0 Å². The summed E-state index contributed by atoms with van der Waals surface area (Å²) in [6.45, 7) is 1.10. The van der Waals surface area contributed by atoms with Crippen LogP contribution in [-0.2, 0) is 18.3 Å². The standard InChI is InChI=1S/C11H18N4O/c1-15-7-3-9(14-15)2-6-13-10(16)11(8-12)4-5-11/h3,7H,2,4-6,8,12H2,1H3,(H,13,16). The minimum Gasteiger partial charge on any atom is -0.355 e. The summed E-state index contributed by atoms with van der Waals surface area (Å²) in [5, 5.41) is 7.17. The molecule has 0 spiro atoms. The summed E-state index contributed by atoms with van der Waals surface area (Å²) in [4.78, 5) is 11.7. The molecule has 1 heterocycles. The maximum atomic E-state index is 11.7. The molecule has 0 radical (unpaired) electrons. The highest BCUT2D eigenvalue weighted by atomic mass is 16.2. The lowest BCUT2D eigenvalue weighted by Crippen LogP contribution is -2.37. The first-order chi connectivity index (χ1) is 7.66. The average molecular weight is 222 g/mol. The molecule has 0 bridgehead atoms. The maximum absolute atomic E-state index is 11.7. The van der Waals surface area contributed by atoms with E-state index in [2.05, 4.69) is 10.4 Å². The van der Waals surface area contributed by atoms with Gasteiger partial charge in [0.05, 0.1) is 11.1 Å². The molecule has 1 aliphatic rings. The highest BCUT2D eigenvalue weighted by molar-refractivity contribution is 5.85. The Morgan fingerprint density at radius 2 is 2.44 bits per heavy atom. The number of nitrogens with one attached hydrogen (secondary N) is 1. The summed E-state index contributed by atoms with van der Waals surface area (Å²) in [5.41, 5.74) is 6.33. The lowest BCUT2D eigenvalue weighted by atomic mass is 10.1. The predicted octanol–water partition coefficient (Wildman–Crippen LogP) is -0.182. The van der Waals surface area contributed by atoms with Crippen molar-refractivity contribution in [2.75, 3.05) is 13.1 Å². The molecule has 5 nitrogen and oxygen atoms in total. The van der Waals surface area contributed by atoms with Crippen molar-refractivity contribution >= 4 is 5.91 Å². The van der Waals surface area contributed by atoms with Gasteiger partial charge in [-0.05, 0) is 18.9 Å². The van der Waals surface area contributed by atoms with Gasteiger partial charge in [0.2, 0.25) is 5.91 Å². The molecule has 1 saturated carbocycles. The molecule has 0 atom stereocenters. The van der Waals surface area contributed by atoms with Gasteiger partial charge in [-0.2, -0.15) is 5.10 Å². The summed E-state index contributed by atoms with van der Waals surface area (Å²) < 4.78 is 1.76. The second kappa shape index (κ2) is 4.25. The Hall–Kier alpha value is -1.36. The van der Waals surface area contributed by atoms with E-state index in [9.17, 15) is 4.79 Å². The molecule has 1 amide bonds. The normalized spacial score (nSPS) is 17.1. The van der Waals surface area contributed by atoms with Crippen molar-refractivity contribution in [2.45, 2.75) is 19.3 Å². The molecule has 0 unspecified atom stereocenters. The number of carbonyl (C=O) groups is 1. The zero-order chi connectivity index (χ0) is 11.6. The third-order valence-corrected chi connectivity index (χ3v) is 3.16. The van der Waals surface area contributed by atoms with E-state index in [1.54, 1.807) is 4.68 Å². The van der Waals surface area contributed by atoms with E-state index in [4.69, 9.17) is 5.73 Å². The number of carbonyl (C=O) groups excluding carboxylic acids is 1. The number of nitrogens with zero attached hydrogens (tertiary/aromatic N) is 2. The predicted molar refractivity (Wildman–Crippen MR) is 60.6 cm³/mol. The Bertz CT molecular complexity index is 381. The summed E-state index contributed by atoms with van der Waals surface area (Å²) in [6, 6.07) is 1.96. The lowest BCUT2D eigenvalue weighted by Gasteiger charge is -2.11. The van der Waals surface area contributed by atoms with Gasteiger partial charge in [0, 0.05) is 32.8 Å². The average Bonchev–Trinajstić information content (AvgIpc) is 2.98. The quantitative estimate of drug-likeness (QED) is 0.725. The molecule has 1 aliphatic carbocycles. The number of aromatic nitrogens is 2. The minimum absolute atomic E-state index is 0.103. The number of hydrogen-bond acceptors (Lipinski definition) is 3. The van der Waals surface area contributed by atoms with E-state index in [0.29, 0.717) is 13.1 Å². The number of aryl methyl sites for hydroxylation is 1. The molecule has 88 valence electrons. The van der Waals surface area contributed by atoms with Crippen LogP contribution in [0.5, 0.6) is 0 Å². The summed E-state index contributed by atoms with van der Waals surface area (Å²) in [7, 11) is 1.88. The SMILES string of the molecule is Cn1ccc(CCNC(=O)C2(CN)CC2)n1. The number of nitrogens with two attached hydrogens (primary N) is 1. The van der Waals surface area contributed by atoms with E-state index in [-0.39, 0.29) is 11.3 Å². The largest absolute Gasteiger partial charge is 0.355 e. The van der Waals surface area contributed by atoms with E-state index in [0.717, 1.165) is 25.0 Å². The van der Waals surface area contributed by atoms with Gasteiger partial charge in [-0.3, -0.25) is 9.48 Å². The molecule has 2 rings (SSSR count). The van der Waals surface area contributed by atoms with Crippen LogP contribution < -0.4 is 11.1 Å². The van der Waals surface area contributed by atoms with Crippen molar-refractivity contribution in [2.24, 2.45) is 18.2 Å². The topological polar surface area (TPSA) is 72.9 Å². The third kappa shape index (κ3) is 2.24. The van der Waals surface area contributed by atoms with Crippen molar-refractivity contribution in [3.05, 3.63) is 18.0 Å². The van der Waals surface area contributed by atoms with Crippen LogP contribution in [-0.4, -0.2) is 28.8 Å². The van der Waals surface area contributed by atoms with Crippen LogP contribution in [0.1, 0.15) is 18.5 Å². The van der Waals surface area contributed by atoms with Crippen molar-refractivity contribution in [1.82, 2.24) is 15.1 Å². The highest BCUT2D eigenvalue weighted by Crippen LogP contribution is 2.44. The number of hydrogen-bond donors (Lipinski definition) is 2. The van der Waals surface area contributed by atoms with Gasteiger partial charge < -0.3 is 11.1 Å². The number of rotatable bonds is 5. The molecule has 1 aromatic rings. The van der Waals surface area contributed by atoms with Crippen LogP contribution in [0.3, 0.4) is 0 Å². The molecule has 5 heteroatoms. The van der Waals surface area contributed by atoms with Crippen LogP contribution in [0.4, 0.5) is 0 Å². The Morgan fingerprint density at radius 1 is 1.69 bits per heavy atom. The van der Waals surface area contributed by atoms with Crippen molar-refractivity contribution in [1.29, 1.82) is 0 Å². The van der Waals surface area contributed by atoms with Crippen molar-refractivity contribution in [3.8, 4) is 0 Å². The summed E-state index contributed by atoms with van der Waals surface area (Å²) >= 11 is 0. The minimum atomic E-state index is -0.246. The molecule has 0 aromatic carbocycles. The molecule has 1 fully saturated rings. The maximum Gasteiger partial charge on any atom is 0.227 e. The zero-order valence-corrected chi connectivity index (χ0v) is 9.57. The van der Waals surface area contributed by atoms with Crippen LogP contribution >= 0.6 is 0 Å². The van der Waals surface area contributed by atoms with Crippen molar-refractivity contribution < 1.29 is 4.79 Å². The Kier molecular flexibility index (Phi) is 2.96. The Morgan fingerprint density at radius 3 is 2.94 bits per heavy atom. The second-order valence-corrected chi connectivity index (χ2v) is 4.47. The molecular weight excluding hydrogens is 204 g/mol. The molecule has 0 saturated heterocycles. The Balaban J connectivity index is 1.74. The van der Waals surface area contributed by atoms with E-state index >= 15 is 0 Å². The highest BCUT2D eigenvalue weighted by Gasteiger charge is 2.48. The fourth-order valence-corrected chi connectivity index (χ4v) is 1.76. The first-order valence-corrected chi connectivity index (χ1v) is 5.63. The third-order valence-electron chi connectivity index (χ3n) is 3.16. The van der Waals surface area contributed by atoms with Crippen LogP contribution in [0, 0.1) is 5.41 Å². The van der Waals surface area contributed by atoms with Crippen molar-refractivity contribution in [3.63, 3.8) is 0 Å². The second-order valence-electron chi connectivity index (χ2n) is 4.47. The van der Waals surface area contributed by atoms with Gasteiger partial charge in [-0.25, -0.2) is 0 Å². The summed E-state index contributed by atoms with van der Waals surface area (Å²) in [6.07, 6.45) is 4.53. The van der Waals surface area contributed by atoms with Gasteiger partial charge in [-0.15, -0.1) is 0 Å². The fourth-order valence-electron chi connectivity index (χ4n) is 1.76. The molecule has 1 aromatic heterocycles. The number of amides is 1. The van der Waals surface area contributed by atoms with Crippen LogP contribution in [0.2, 0.25) is 0 Å². The molecule has 3 N–H and O–H groups in total. The van der Waals surface area contributed by atoms with Gasteiger partial charge >= 0.3 is 0 Å². The first kappa shape index (κ1) is 11.1. The lowest BCUT2D eigenvalue weighted by molar-refractivity contribution is -0.125. The first-order valence-electron chi connectivity index (χ1n) is 5.63. The van der Waals surface area contributed by atoms with Gasteiger partial charge in [-0.1, -0.05) is 0 Å². The smallest absolute Gasteiger partial charge is 0.227 e. The van der Waals surface area contributed by atoms with E-state index in [1.807, 2.05) is 19.3 Å².